The molecule has 0 radical (unpaired) electrons. The van der Waals surface area contributed by atoms with E-state index in [1.165, 1.54) is 0 Å². The first-order valence-electron chi connectivity index (χ1n) is 7.00. The molecule has 2 rings (SSSR count). The average molecular weight is 312 g/mol. The molecule has 0 saturated carbocycles. The van der Waals surface area contributed by atoms with E-state index in [-0.39, 0.29) is 18.3 Å². The lowest BCUT2D eigenvalue weighted by Gasteiger charge is -2.09. The molecule has 1 amide bonds. The lowest BCUT2D eigenvalue weighted by Crippen LogP contribution is -2.41. The highest BCUT2D eigenvalue weighted by atomic mass is 35.5. The summed E-state index contributed by atoms with van der Waals surface area (Å²) in [6.07, 6.45) is 2.17. The summed E-state index contributed by atoms with van der Waals surface area (Å²) >= 11 is 0. The highest BCUT2D eigenvalue weighted by Crippen LogP contribution is 2.18. The van der Waals surface area contributed by atoms with E-state index in [0.29, 0.717) is 25.3 Å². The van der Waals surface area contributed by atoms with E-state index in [2.05, 4.69) is 10.3 Å². The fourth-order valence-electron chi connectivity index (χ4n) is 2.10. The second kappa shape index (κ2) is 8.00. The van der Waals surface area contributed by atoms with Crippen molar-refractivity contribution in [3.8, 4) is 0 Å². The summed E-state index contributed by atoms with van der Waals surface area (Å²) in [4.78, 5) is 16.1. The molecule has 1 aromatic heterocycles. The van der Waals surface area contributed by atoms with E-state index < -0.39 is 6.04 Å². The molecule has 1 unspecified atom stereocenters. The normalized spacial score (nSPS) is 12.0. The van der Waals surface area contributed by atoms with Crippen LogP contribution in [0.15, 0.2) is 22.6 Å². The van der Waals surface area contributed by atoms with Gasteiger partial charge < -0.3 is 15.5 Å². The standard InChI is InChI=1S/C15H21N3O2.ClH/c1-3-5-11(16)15(19)17-9-8-13-18-14-10(2)6-4-7-12(14)20-13;/h4,6-7,11H,3,5,8-9,16H2,1-2H3,(H,17,19);1H. The molecular weight excluding hydrogens is 290 g/mol. The number of carbonyl (C=O) groups excluding carboxylic acids is 1. The van der Waals surface area contributed by atoms with Gasteiger partial charge in [0.05, 0.1) is 6.04 Å². The van der Waals surface area contributed by atoms with Crippen LogP contribution in [0.3, 0.4) is 0 Å². The van der Waals surface area contributed by atoms with Crippen molar-refractivity contribution in [1.82, 2.24) is 10.3 Å². The van der Waals surface area contributed by atoms with Gasteiger partial charge in [0.2, 0.25) is 5.91 Å². The Morgan fingerprint density at radius 1 is 1.48 bits per heavy atom. The van der Waals surface area contributed by atoms with Gasteiger partial charge in [-0.15, -0.1) is 12.4 Å². The molecule has 3 N–H and O–H groups in total. The second-order valence-corrected chi connectivity index (χ2v) is 4.97. The summed E-state index contributed by atoms with van der Waals surface area (Å²) < 4.78 is 5.64. The van der Waals surface area contributed by atoms with Gasteiger partial charge in [-0.05, 0) is 25.0 Å². The SMILES string of the molecule is CCCC(N)C(=O)NCCc1nc2c(C)cccc2o1.Cl. The lowest BCUT2D eigenvalue weighted by atomic mass is 10.2. The summed E-state index contributed by atoms with van der Waals surface area (Å²) in [5.41, 5.74) is 8.50. The van der Waals surface area contributed by atoms with E-state index in [1.807, 2.05) is 32.0 Å². The smallest absolute Gasteiger partial charge is 0.236 e. The number of nitrogens with two attached hydrogens (primary N) is 1. The number of nitrogens with one attached hydrogen (secondary N) is 1. The van der Waals surface area contributed by atoms with Crippen LogP contribution >= 0.6 is 12.4 Å². The van der Waals surface area contributed by atoms with Crippen molar-refractivity contribution in [3.63, 3.8) is 0 Å². The molecule has 0 bridgehead atoms. The Morgan fingerprint density at radius 3 is 2.90 bits per heavy atom. The summed E-state index contributed by atoms with van der Waals surface area (Å²) in [7, 11) is 0. The monoisotopic (exact) mass is 311 g/mol. The topological polar surface area (TPSA) is 81.2 Å². The van der Waals surface area contributed by atoms with Crippen molar-refractivity contribution in [2.45, 2.75) is 39.2 Å². The Hall–Kier alpha value is -1.59. The molecule has 0 spiro atoms. The summed E-state index contributed by atoms with van der Waals surface area (Å²) in [6.45, 7) is 4.50. The zero-order chi connectivity index (χ0) is 14.5. The first-order chi connectivity index (χ1) is 9.61. The number of para-hydroxylation sites is 1. The number of aromatic nitrogens is 1. The fraction of sp³-hybridized carbons (Fsp3) is 0.467. The van der Waals surface area contributed by atoms with Crippen LogP contribution in [-0.4, -0.2) is 23.5 Å². The maximum absolute atomic E-state index is 11.7. The largest absolute Gasteiger partial charge is 0.441 e. The third kappa shape index (κ3) is 4.44. The van der Waals surface area contributed by atoms with Gasteiger partial charge in [-0.1, -0.05) is 25.5 Å². The number of carbonyl (C=O) groups is 1. The Kier molecular flexibility index (Phi) is 6.65. The van der Waals surface area contributed by atoms with Gasteiger partial charge in [0, 0.05) is 13.0 Å². The van der Waals surface area contributed by atoms with Gasteiger partial charge in [-0.25, -0.2) is 4.98 Å². The van der Waals surface area contributed by atoms with Crippen molar-refractivity contribution in [2.75, 3.05) is 6.54 Å². The predicted octanol–water partition coefficient (Wildman–Crippen LogP) is 2.34. The van der Waals surface area contributed by atoms with Crippen molar-refractivity contribution in [3.05, 3.63) is 29.7 Å². The van der Waals surface area contributed by atoms with Gasteiger partial charge in [0.25, 0.3) is 0 Å². The molecule has 2 aromatic rings. The van der Waals surface area contributed by atoms with Gasteiger partial charge >= 0.3 is 0 Å². The Morgan fingerprint density at radius 2 is 2.24 bits per heavy atom. The van der Waals surface area contributed by atoms with E-state index in [0.717, 1.165) is 23.1 Å². The van der Waals surface area contributed by atoms with Crippen LogP contribution in [0, 0.1) is 6.92 Å². The molecule has 0 aliphatic rings. The van der Waals surface area contributed by atoms with Crippen LogP contribution in [-0.2, 0) is 11.2 Å². The van der Waals surface area contributed by atoms with Crippen LogP contribution in [0.5, 0.6) is 0 Å². The van der Waals surface area contributed by atoms with Crippen LogP contribution in [0.25, 0.3) is 11.1 Å². The molecular formula is C15H22ClN3O2. The molecule has 0 aliphatic carbocycles. The number of hydrogen-bond acceptors (Lipinski definition) is 4. The van der Waals surface area contributed by atoms with Gasteiger partial charge in [0.15, 0.2) is 11.5 Å². The maximum Gasteiger partial charge on any atom is 0.236 e. The molecule has 1 aromatic carbocycles. The first-order valence-corrected chi connectivity index (χ1v) is 7.00. The molecule has 0 aliphatic heterocycles. The van der Waals surface area contributed by atoms with Crippen LogP contribution in [0.4, 0.5) is 0 Å². The number of oxazole rings is 1. The lowest BCUT2D eigenvalue weighted by molar-refractivity contribution is -0.122. The van der Waals surface area contributed by atoms with E-state index in [9.17, 15) is 4.79 Å². The van der Waals surface area contributed by atoms with Crippen LogP contribution < -0.4 is 11.1 Å². The maximum atomic E-state index is 11.7. The van der Waals surface area contributed by atoms with Crippen molar-refractivity contribution < 1.29 is 9.21 Å². The summed E-state index contributed by atoms with van der Waals surface area (Å²) in [5.74, 6) is 0.526. The van der Waals surface area contributed by atoms with Crippen LogP contribution in [0.1, 0.15) is 31.2 Å². The molecule has 1 atom stereocenters. The number of fused-ring (bicyclic) bond motifs is 1. The fourth-order valence-corrected chi connectivity index (χ4v) is 2.10. The Labute approximate surface area is 130 Å². The Bertz CT molecular complexity index is 598. The Balaban J connectivity index is 0.00000220. The predicted molar refractivity (Wildman–Crippen MR) is 85.6 cm³/mol. The minimum atomic E-state index is -0.425. The highest BCUT2D eigenvalue weighted by molar-refractivity contribution is 5.85. The third-order valence-electron chi connectivity index (χ3n) is 3.24. The number of amides is 1. The van der Waals surface area contributed by atoms with E-state index >= 15 is 0 Å². The molecule has 0 saturated heterocycles. The molecule has 0 fully saturated rings. The number of rotatable bonds is 6. The zero-order valence-corrected chi connectivity index (χ0v) is 13.2. The number of nitrogens with zero attached hydrogens (tertiary/aromatic N) is 1. The van der Waals surface area contributed by atoms with Crippen molar-refractivity contribution >= 4 is 29.4 Å². The van der Waals surface area contributed by atoms with Crippen molar-refractivity contribution in [1.29, 1.82) is 0 Å². The summed E-state index contributed by atoms with van der Waals surface area (Å²) in [6, 6.07) is 5.42. The number of hydrogen-bond donors (Lipinski definition) is 2. The quantitative estimate of drug-likeness (QED) is 0.858. The van der Waals surface area contributed by atoms with Gasteiger partial charge in [-0.2, -0.15) is 0 Å². The molecule has 6 heteroatoms. The number of benzene rings is 1. The van der Waals surface area contributed by atoms with Gasteiger partial charge in [0.1, 0.15) is 5.52 Å². The average Bonchev–Trinajstić information content (AvgIpc) is 2.83. The third-order valence-corrected chi connectivity index (χ3v) is 3.24. The zero-order valence-electron chi connectivity index (χ0n) is 12.4. The first kappa shape index (κ1) is 17.5. The minimum Gasteiger partial charge on any atom is -0.441 e. The number of halogens is 1. The molecule has 21 heavy (non-hydrogen) atoms. The van der Waals surface area contributed by atoms with Gasteiger partial charge in [-0.3, -0.25) is 4.79 Å². The van der Waals surface area contributed by atoms with E-state index in [1.54, 1.807) is 0 Å². The molecule has 116 valence electrons. The molecule has 5 nitrogen and oxygen atoms in total. The number of aryl methyl sites for hydroxylation is 1. The molecule has 1 heterocycles. The second-order valence-electron chi connectivity index (χ2n) is 4.97. The summed E-state index contributed by atoms with van der Waals surface area (Å²) in [5, 5.41) is 2.81. The van der Waals surface area contributed by atoms with Crippen LogP contribution in [0.2, 0.25) is 0 Å². The van der Waals surface area contributed by atoms with Crippen molar-refractivity contribution in [2.24, 2.45) is 5.73 Å². The highest BCUT2D eigenvalue weighted by Gasteiger charge is 2.12. The van der Waals surface area contributed by atoms with E-state index in [4.69, 9.17) is 10.2 Å². The minimum absolute atomic E-state index is 0.